The molecule has 3 N–H and O–H groups in total. The Balaban J connectivity index is 1.46. The van der Waals surface area contributed by atoms with E-state index in [1.165, 1.54) is 43.3 Å². The lowest BCUT2D eigenvalue weighted by Crippen LogP contribution is -2.22. The third kappa shape index (κ3) is 8.64. The van der Waals surface area contributed by atoms with Gasteiger partial charge in [-0.2, -0.15) is 18.3 Å². The zero-order valence-electron chi connectivity index (χ0n) is 20.2. The first-order valence-electron chi connectivity index (χ1n) is 11.3. The maximum absolute atomic E-state index is 12.7. The molecule has 7 nitrogen and oxygen atoms in total. The number of alkyl halides is 3. The second-order valence-electron chi connectivity index (χ2n) is 8.16. The Morgan fingerprint density at radius 2 is 1.97 bits per heavy atom. The highest BCUT2D eigenvalue weighted by Crippen LogP contribution is 2.30. The van der Waals surface area contributed by atoms with Crippen molar-refractivity contribution in [2.45, 2.75) is 30.9 Å². The molecule has 0 aromatic heterocycles. The van der Waals surface area contributed by atoms with Crippen LogP contribution < -0.4 is 15.5 Å². The number of aliphatic hydroxyl groups is 1. The number of nitrogens with zero attached hydrogens (tertiary/aromatic N) is 1. The van der Waals surface area contributed by atoms with Gasteiger partial charge in [-0.05, 0) is 41.8 Å². The summed E-state index contributed by atoms with van der Waals surface area (Å²) in [4.78, 5) is 24.5. The van der Waals surface area contributed by atoms with E-state index < -0.39 is 23.8 Å². The molecule has 202 valence electrons. The average Bonchev–Trinajstić information content (AvgIpc) is 2.88. The van der Waals surface area contributed by atoms with Crippen LogP contribution in [0.25, 0.3) is 0 Å². The topological polar surface area (TPSA) is 100 Å². The number of rotatable bonds is 10. The summed E-state index contributed by atoms with van der Waals surface area (Å²) in [5.74, 6) is 0.309. The molecule has 0 radical (unpaired) electrons. The summed E-state index contributed by atoms with van der Waals surface area (Å²) < 4.78 is 43.4. The van der Waals surface area contributed by atoms with E-state index in [4.69, 9.17) is 16.3 Å². The van der Waals surface area contributed by atoms with Gasteiger partial charge in [0.2, 0.25) is 5.91 Å². The maximum Gasteiger partial charge on any atom is 0.416 e. The predicted octanol–water partition coefficient (Wildman–Crippen LogP) is 5.04. The Kier molecular flexibility index (Phi) is 10.4. The van der Waals surface area contributed by atoms with Gasteiger partial charge in [0.25, 0.3) is 5.91 Å². The summed E-state index contributed by atoms with van der Waals surface area (Å²) in [6.07, 6.45) is -0.127. The molecule has 0 fully saturated rings. The van der Waals surface area contributed by atoms with E-state index >= 15 is 0 Å². The molecule has 0 heterocycles. The molecular formula is C26H25ClF3N3O4S. The van der Waals surface area contributed by atoms with E-state index in [0.29, 0.717) is 34.7 Å². The normalized spacial score (nSPS) is 15.6. The van der Waals surface area contributed by atoms with Crippen molar-refractivity contribution in [3.05, 3.63) is 81.9 Å². The van der Waals surface area contributed by atoms with Gasteiger partial charge in [-0.25, -0.2) is 5.43 Å². The molecule has 0 bridgehead atoms. The number of carbonyl (C=O) groups is 2. The minimum atomic E-state index is -4.38. The highest BCUT2D eigenvalue weighted by molar-refractivity contribution is 7.99. The third-order valence-corrected chi connectivity index (χ3v) is 6.72. The van der Waals surface area contributed by atoms with Crippen LogP contribution in [0.4, 0.5) is 18.9 Å². The molecule has 0 saturated carbocycles. The number of amides is 2. The molecule has 0 saturated heterocycles. The van der Waals surface area contributed by atoms with E-state index in [1.807, 2.05) is 0 Å². The first kappa shape index (κ1) is 29.3. The monoisotopic (exact) mass is 567 g/mol. The second-order valence-corrected chi connectivity index (χ2v) is 9.58. The predicted molar refractivity (Wildman–Crippen MR) is 142 cm³/mol. The van der Waals surface area contributed by atoms with Crippen LogP contribution in [0.1, 0.15) is 23.1 Å². The van der Waals surface area contributed by atoms with Gasteiger partial charge in [-0.15, -0.1) is 11.8 Å². The Labute approximate surface area is 226 Å². The van der Waals surface area contributed by atoms with Crippen molar-refractivity contribution >= 4 is 47.1 Å². The molecular weight excluding hydrogens is 543 g/mol. The number of carbonyl (C=O) groups excluding carboxylic acids is 2. The Morgan fingerprint density at radius 1 is 1.24 bits per heavy atom. The minimum Gasteiger partial charge on any atom is -0.496 e. The van der Waals surface area contributed by atoms with Crippen molar-refractivity contribution in [1.82, 2.24) is 5.43 Å². The van der Waals surface area contributed by atoms with Gasteiger partial charge < -0.3 is 15.2 Å². The molecule has 1 aliphatic carbocycles. The van der Waals surface area contributed by atoms with Crippen molar-refractivity contribution in [3.63, 3.8) is 0 Å². The number of hydrogen-bond donors (Lipinski definition) is 3. The molecule has 2 aromatic carbocycles. The number of benzene rings is 2. The van der Waals surface area contributed by atoms with Gasteiger partial charge in [-0.1, -0.05) is 35.9 Å². The van der Waals surface area contributed by atoms with Crippen LogP contribution in [0.15, 0.2) is 70.3 Å². The number of thioether (sulfide) groups is 1. The summed E-state index contributed by atoms with van der Waals surface area (Å²) >= 11 is 7.15. The van der Waals surface area contributed by atoms with Crippen molar-refractivity contribution in [3.8, 4) is 5.75 Å². The van der Waals surface area contributed by atoms with E-state index in [1.54, 1.807) is 24.3 Å². The standard InChI is InChI=1S/C26H25ClF3N3O4S/c1-37-23-13-20(32-24(35)15-38-14-16-2-6-19(7-3-16)26(28,29)30)8-4-17(23)10-11-31-33-25(36)18-5-9-22(34)21(27)12-18/h2-8,11-13,22,34H,9-10,14-15H2,1H3,(H,32,35)(H,33,36)/b31-11-. The van der Waals surface area contributed by atoms with Crippen molar-refractivity contribution < 1.29 is 32.6 Å². The number of halogens is 4. The van der Waals surface area contributed by atoms with E-state index in [-0.39, 0.29) is 23.1 Å². The van der Waals surface area contributed by atoms with Gasteiger partial charge in [0.15, 0.2) is 0 Å². The summed E-state index contributed by atoms with van der Waals surface area (Å²) in [5.41, 5.74) is 3.98. The van der Waals surface area contributed by atoms with Crippen LogP contribution >= 0.6 is 23.4 Å². The van der Waals surface area contributed by atoms with E-state index in [2.05, 4.69) is 15.8 Å². The summed E-state index contributed by atoms with van der Waals surface area (Å²) in [5, 5.41) is 16.5. The molecule has 2 amide bonds. The van der Waals surface area contributed by atoms with Gasteiger partial charge in [-0.3, -0.25) is 9.59 Å². The fraction of sp³-hybridized carbons (Fsp3) is 0.269. The number of hydrazone groups is 1. The van der Waals surface area contributed by atoms with Crippen molar-refractivity contribution in [2.24, 2.45) is 5.10 Å². The van der Waals surface area contributed by atoms with Gasteiger partial charge in [0.1, 0.15) is 5.75 Å². The SMILES string of the molecule is COc1cc(NC(=O)CSCc2ccc(C(F)(F)F)cc2)ccc1C/C=N\NC(=O)C1=CCC(O)C(Cl)=C1. The molecule has 12 heteroatoms. The molecule has 38 heavy (non-hydrogen) atoms. The molecule has 1 unspecified atom stereocenters. The third-order valence-electron chi connectivity index (χ3n) is 5.36. The summed E-state index contributed by atoms with van der Waals surface area (Å²) in [6, 6.07) is 9.96. The van der Waals surface area contributed by atoms with Crippen LogP contribution in [-0.2, 0) is 27.9 Å². The Morgan fingerprint density at radius 3 is 2.63 bits per heavy atom. The smallest absolute Gasteiger partial charge is 0.416 e. The number of aliphatic hydroxyl groups excluding tert-OH is 1. The lowest BCUT2D eigenvalue weighted by molar-refractivity contribution is -0.137. The largest absolute Gasteiger partial charge is 0.496 e. The number of ether oxygens (including phenoxy) is 1. The van der Waals surface area contributed by atoms with Crippen molar-refractivity contribution in [2.75, 3.05) is 18.2 Å². The first-order chi connectivity index (χ1) is 18.1. The van der Waals surface area contributed by atoms with Crippen LogP contribution in [0.2, 0.25) is 0 Å². The fourth-order valence-corrected chi connectivity index (χ4v) is 4.36. The second kappa shape index (κ2) is 13.5. The van der Waals surface area contributed by atoms with Crippen LogP contribution in [0.3, 0.4) is 0 Å². The molecule has 2 aromatic rings. The Hall–Kier alpha value is -3.28. The number of hydrogen-bond acceptors (Lipinski definition) is 6. The molecule has 3 rings (SSSR count). The van der Waals surface area contributed by atoms with Crippen LogP contribution in [0, 0.1) is 0 Å². The number of methoxy groups -OCH3 is 1. The average molecular weight is 568 g/mol. The van der Waals surface area contributed by atoms with Crippen LogP contribution in [-0.4, -0.2) is 42.1 Å². The lowest BCUT2D eigenvalue weighted by Gasteiger charge is -2.13. The molecule has 1 aliphatic rings. The van der Waals surface area contributed by atoms with Crippen LogP contribution in [0.5, 0.6) is 5.75 Å². The quantitative estimate of drug-likeness (QED) is 0.276. The zero-order valence-corrected chi connectivity index (χ0v) is 21.8. The molecule has 1 atom stereocenters. The maximum atomic E-state index is 12.7. The highest BCUT2D eigenvalue weighted by atomic mass is 35.5. The van der Waals surface area contributed by atoms with Gasteiger partial charge in [0, 0.05) is 40.7 Å². The number of nitrogens with one attached hydrogen (secondary N) is 2. The Bertz CT molecular complexity index is 1250. The zero-order chi connectivity index (χ0) is 27.7. The van der Waals surface area contributed by atoms with Gasteiger partial charge >= 0.3 is 6.18 Å². The minimum absolute atomic E-state index is 0.118. The summed E-state index contributed by atoms with van der Waals surface area (Å²) in [6.45, 7) is 0. The first-order valence-corrected chi connectivity index (χ1v) is 12.9. The highest BCUT2D eigenvalue weighted by Gasteiger charge is 2.29. The molecule has 0 aliphatic heterocycles. The summed E-state index contributed by atoms with van der Waals surface area (Å²) in [7, 11) is 1.49. The van der Waals surface area contributed by atoms with Crippen molar-refractivity contribution in [1.29, 1.82) is 0 Å². The molecule has 0 spiro atoms. The van der Waals surface area contributed by atoms with E-state index in [0.717, 1.165) is 17.7 Å². The lowest BCUT2D eigenvalue weighted by atomic mass is 10.0. The van der Waals surface area contributed by atoms with Gasteiger partial charge in [0.05, 0.1) is 24.5 Å². The number of anilines is 1. The van der Waals surface area contributed by atoms with E-state index in [9.17, 15) is 27.9 Å². The fourth-order valence-electron chi connectivity index (χ4n) is 3.37.